The predicted molar refractivity (Wildman–Crippen MR) is 151 cm³/mol. The number of piperazine rings is 1. The number of carbonyl (C=O) groups excluding carboxylic acids is 4. The van der Waals surface area contributed by atoms with E-state index in [2.05, 4.69) is 10.2 Å². The third-order valence-corrected chi connectivity index (χ3v) is 8.89. The van der Waals surface area contributed by atoms with Gasteiger partial charge in [0.25, 0.3) is 5.91 Å². The molecule has 42 heavy (non-hydrogen) atoms. The van der Waals surface area contributed by atoms with Crippen LogP contribution in [0.25, 0.3) is 0 Å². The molecule has 0 bridgehead atoms. The van der Waals surface area contributed by atoms with E-state index in [1.165, 1.54) is 4.90 Å². The predicted octanol–water partition coefficient (Wildman–Crippen LogP) is 3.27. The topological polar surface area (TPSA) is 102 Å². The molecule has 0 radical (unpaired) electrons. The Bertz CT molecular complexity index is 1280. The van der Waals surface area contributed by atoms with Crippen LogP contribution in [0.4, 0.5) is 19.3 Å². The minimum Gasteiger partial charge on any atom is -0.444 e. The number of halogens is 2. The van der Waals surface area contributed by atoms with Gasteiger partial charge in [0.2, 0.25) is 11.8 Å². The highest BCUT2D eigenvalue weighted by Crippen LogP contribution is 2.50. The van der Waals surface area contributed by atoms with E-state index in [0.29, 0.717) is 45.3 Å². The van der Waals surface area contributed by atoms with Crippen LogP contribution in [0.5, 0.6) is 0 Å². The number of carbonyl (C=O) groups is 4. The van der Waals surface area contributed by atoms with Crippen molar-refractivity contribution >= 4 is 29.5 Å². The molecule has 1 spiro atoms. The quantitative estimate of drug-likeness (QED) is 0.540. The highest BCUT2D eigenvalue weighted by Gasteiger charge is 2.56. The first-order valence-electron chi connectivity index (χ1n) is 15.0. The van der Waals surface area contributed by atoms with Gasteiger partial charge in [-0.2, -0.15) is 0 Å². The van der Waals surface area contributed by atoms with Crippen LogP contribution >= 0.6 is 0 Å². The number of hydrogen-bond donors (Lipinski definition) is 1. The van der Waals surface area contributed by atoms with Gasteiger partial charge >= 0.3 is 6.09 Å². The van der Waals surface area contributed by atoms with Gasteiger partial charge in [-0.1, -0.05) is 13.8 Å². The lowest BCUT2D eigenvalue weighted by Crippen LogP contribution is -2.69. The van der Waals surface area contributed by atoms with Crippen molar-refractivity contribution in [3.63, 3.8) is 0 Å². The van der Waals surface area contributed by atoms with E-state index in [9.17, 15) is 19.2 Å². The SMILES string of the molecule is CC.CC(C)(C)OC(=O)N1CC2(CC(N3CCN(c4c(F)cc5c(c4F)CN(C4CCC(=O)NC4=O)C5=O)CC3)C2)C1. The molecule has 1 N–H and O–H groups in total. The zero-order valence-electron chi connectivity index (χ0n) is 25.1. The summed E-state index contributed by atoms with van der Waals surface area (Å²) in [5.41, 5.74) is -0.468. The van der Waals surface area contributed by atoms with Gasteiger partial charge in [-0.25, -0.2) is 13.6 Å². The number of nitrogens with one attached hydrogen (secondary N) is 1. The monoisotopic (exact) mass is 589 g/mol. The van der Waals surface area contributed by atoms with Crippen molar-refractivity contribution in [1.29, 1.82) is 0 Å². The Balaban J connectivity index is 0.00000173. The molecule has 10 nitrogen and oxygen atoms in total. The number of likely N-dealkylation sites (tertiary alicyclic amines) is 1. The van der Waals surface area contributed by atoms with Crippen LogP contribution in [0.3, 0.4) is 0 Å². The van der Waals surface area contributed by atoms with Gasteiger partial charge in [0.05, 0.1) is 12.1 Å². The minimum atomic E-state index is -0.885. The standard InChI is InChI=1S/C28H35F2N5O5.C2H6/c1-27(2,3)40-26(39)34-14-28(15-34)11-16(12-28)32-6-8-33(9-7-32)23-19(29)10-17-18(22(23)30)13-35(25(17)38)20-4-5-21(36)31-24(20)37;1-2/h10,16,20H,4-9,11-15H2,1-3H3,(H,31,36,37);1-2H3. The Morgan fingerprint density at radius 2 is 1.69 bits per heavy atom. The van der Waals surface area contributed by atoms with Gasteiger partial charge in [0.15, 0.2) is 5.82 Å². The van der Waals surface area contributed by atoms with Gasteiger partial charge in [0.1, 0.15) is 23.1 Å². The van der Waals surface area contributed by atoms with E-state index in [1.54, 1.807) is 9.80 Å². The van der Waals surface area contributed by atoms with Crippen molar-refractivity contribution in [2.75, 3.05) is 44.2 Å². The maximum atomic E-state index is 15.7. The number of hydrogen-bond acceptors (Lipinski definition) is 7. The number of benzene rings is 1. The first-order valence-corrected chi connectivity index (χ1v) is 15.0. The normalized spacial score (nSPS) is 24.0. The molecule has 4 amide bonds. The van der Waals surface area contributed by atoms with Crippen LogP contribution in [0.1, 0.15) is 76.2 Å². The second kappa shape index (κ2) is 11.1. The molecule has 12 heteroatoms. The minimum absolute atomic E-state index is 0.0669. The molecule has 1 aromatic carbocycles. The third-order valence-electron chi connectivity index (χ3n) is 8.89. The van der Waals surface area contributed by atoms with E-state index >= 15 is 8.78 Å². The number of nitrogens with zero attached hydrogens (tertiary/aromatic N) is 4. The molecule has 4 aliphatic heterocycles. The van der Waals surface area contributed by atoms with Gasteiger partial charge in [-0.15, -0.1) is 0 Å². The van der Waals surface area contributed by atoms with E-state index in [1.807, 2.05) is 34.6 Å². The molecule has 1 atom stereocenters. The summed E-state index contributed by atoms with van der Waals surface area (Å²) >= 11 is 0. The fourth-order valence-corrected chi connectivity index (χ4v) is 6.90. The van der Waals surface area contributed by atoms with Crippen LogP contribution in [0.15, 0.2) is 6.07 Å². The van der Waals surface area contributed by atoms with E-state index < -0.39 is 41.0 Å². The summed E-state index contributed by atoms with van der Waals surface area (Å²) in [4.78, 5) is 56.1. The molecule has 4 heterocycles. The summed E-state index contributed by atoms with van der Waals surface area (Å²) in [5, 5.41) is 2.22. The molecule has 1 saturated carbocycles. The van der Waals surface area contributed by atoms with E-state index in [4.69, 9.17) is 4.74 Å². The van der Waals surface area contributed by atoms with Gasteiger partial charge in [0, 0.05) is 62.7 Å². The maximum Gasteiger partial charge on any atom is 0.410 e. The van der Waals surface area contributed by atoms with Gasteiger partial charge in [-0.3, -0.25) is 24.6 Å². The average molecular weight is 590 g/mol. The lowest BCUT2D eigenvalue weighted by molar-refractivity contribution is -0.136. The van der Waals surface area contributed by atoms with Crippen LogP contribution < -0.4 is 10.2 Å². The highest BCUT2D eigenvalue weighted by molar-refractivity contribution is 6.05. The summed E-state index contributed by atoms with van der Waals surface area (Å²) in [6.45, 7) is 13.1. The van der Waals surface area contributed by atoms with Crippen molar-refractivity contribution in [2.24, 2.45) is 5.41 Å². The zero-order valence-corrected chi connectivity index (χ0v) is 25.1. The van der Waals surface area contributed by atoms with E-state index in [-0.39, 0.29) is 47.7 Å². The Morgan fingerprint density at radius 3 is 2.29 bits per heavy atom. The van der Waals surface area contributed by atoms with Crippen molar-refractivity contribution in [3.8, 4) is 0 Å². The van der Waals surface area contributed by atoms with Crippen LogP contribution in [0, 0.1) is 17.0 Å². The fourth-order valence-electron chi connectivity index (χ4n) is 6.90. The number of ether oxygens (including phenoxy) is 1. The molecule has 0 aromatic heterocycles. The summed E-state index contributed by atoms with van der Waals surface area (Å²) in [5.74, 6) is -3.14. The molecule has 230 valence electrons. The molecular formula is C30H41F2N5O5. The molecule has 5 aliphatic rings. The Kier molecular flexibility index (Phi) is 7.97. The van der Waals surface area contributed by atoms with Crippen molar-refractivity contribution in [1.82, 2.24) is 20.0 Å². The first kappa shape index (κ1) is 30.2. The fraction of sp³-hybridized carbons (Fsp3) is 0.667. The van der Waals surface area contributed by atoms with Crippen LogP contribution in [0.2, 0.25) is 0 Å². The second-order valence-electron chi connectivity index (χ2n) is 12.9. The lowest BCUT2D eigenvalue weighted by atomic mass is 9.60. The largest absolute Gasteiger partial charge is 0.444 e. The van der Waals surface area contributed by atoms with Crippen molar-refractivity contribution in [3.05, 3.63) is 28.8 Å². The number of rotatable bonds is 3. The van der Waals surface area contributed by atoms with Crippen LogP contribution in [-0.2, 0) is 20.9 Å². The Hall–Kier alpha value is -3.28. The van der Waals surface area contributed by atoms with Crippen molar-refractivity contribution in [2.45, 2.75) is 84.5 Å². The molecule has 1 unspecified atom stereocenters. The number of anilines is 1. The molecule has 6 rings (SSSR count). The zero-order chi connectivity index (χ0) is 30.6. The molecule has 1 aromatic rings. The van der Waals surface area contributed by atoms with Gasteiger partial charge in [-0.05, 0) is 46.1 Å². The summed E-state index contributed by atoms with van der Waals surface area (Å²) in [6.07, 6.45) is 1.96. The van der Waals surface area contributed by atoms with Crippen LogP contribution in [-0.4, -0.2) is 95.5 Å². The molecular weight excluding hydrogens is 548 g/mol. The number of imide groups is 1. The highest BCUT2D eigenvalue weighted by atomic mass is 19.1. The number of fused-ring (bicyclic) bond motifs is 1. The molecule has 4 fully saturated rings. The maximum absolute atomic E-state index is 15.7. The van der Waals surface area contributed by atoms with Gasteiger partial charge < -0.3 is 19.4 Å². The average Bonchev–Trinajstić information content (AvgIpc) is 3.19. The lowest BCUT2D eigenvalue weighted by Gasteiger charge is -2.61. The van der Waals surface area contributed by atoms with E-state index in [0.717, 1.165) is 18.9 Å². The second-order valence-corrected chi connectivity index (χ2v) is 12.9. The first-order chi connectivity index (χ1) is 19.8. The summed E-state index contributed by atoms with van der Waals surface area (Å²) in [6, 6.07) is 0.582. The van der Waals surface area contributed by atoms with Crippen molar-refractivity contribution < 1.29 is 32.7 Å². The number of piperidine rings is 1. The number of amides is 4. The molecule has 1 aliphatic carbocycles. The summed E-state index contributed by atoms with van der Waals surface area (Å²) in [7, 11) is 0. The smallest absolute Gasteiger partial charge is 0.410 e. The Labute approximate surface area is 245 Å². The third kappa shape index (κ3) is 5.45. The summed E-state index contributed by atoms with van der Waals surface area (Å²) < 4.78 is 36.4. The Morgan fingerprint density at radius 1 is 1.05 bits per heavy atom. The molecule has 3 saturated heterocycles.